The van der Waals surface area contributed by atoms with Gasteiger partial charge in [0.1, 0.15) is 6.04 Å². The van der Waals surface area contributed by atoms with Gasteiger partial charge in [0.2, 0.25) is 5.91 Å². The van der Waals surface area contributed by atoms with E-state index in [1.54, 1.807) is 4.90 Å². The third kappa shape index (κ3) is 2.35. The number of likely N-dealkylation sites (tertiary alicyclic amines) is 1. The van der Waals surface area contributed by atoms with E-state index in [1.165, 1.54) is 0 Å². The molecule has 3 nitrogen and oxygen atoms in total. The topological polar surface area (TPSA) is 32.3 Å². The Kier molecular flexibility index (Phi) is 3.12. The normalized spacial score (nSPS) is 31.1. The number of hydrogen-bond acceptors (Lipinski definition) is 2. The van der Waals surface area contributed by atoms with Crippen LogP contribution in [-0.4, -0.2) is 42.7 Å². The Bertz CT molecular complexity index is 340. The molecule has 1 aliphatic carbocycles. The van der Waals surface area contributed by atoms with E-state index in [-0.39, 0.29) is 12.5 Å². The molecule has 2 aliphatic rings. The van der Waals surface area contributed by atoms with Crippen LogP contribution in [0.4, 0.5) is 13.2 Å². The number of rotatable bonds is 3. The van der Waals surface area contributed by atoms with Crippen molar-refractivity contribution in [3.8, 4) is 0 Å². The Morgan fingerprint density at radius 1 is 1.39 bits per heavy atom. The molecule has 0 spiro atoms. The molecule has 0 aromatic rings. The van der Waals surface area contributed by atoms with Crippen LogP contribution in [0, 0.1) is 17.3 Å². The number of amides is 1. The van der Waals surface area contributed by atoms with Gasteiger partial charge in [-0.2, -0.15) is 13.2 Å². The van der Waals surface area contributed by atoms with Crippen LogP contribution in [0.1, 0.15) is 20.8 Å². The van der Waals surface area contributed by atoms with E-state index in [2.05, 4.69) is 19.2 Å². The molecule has 0 radical (unpaired) electrons. The fourth-order valence-electron chi connectivity index (χ4n) is 2.80. The number of nitrogens with one attached hydrogen (secondary N) is 1. The lowest BCUT2D eigenvalue weighted by Gasteiger charge is -2.24. The highest BCUT2D eigenvalue weighted by atomic mass is 19.4. The maximum Gasteiger partial charge on any atom is 0.403 e. The van der Waals surface area contributed by atoms with Crippen molar-refractivity contribution < 1.29 is 18.0 Å². The molecule has 0 aromatic carbocycles. The molecule has 1 saturated carbocycles. The first-order valence-electron chi connectivity index (χ1n) is 6.22. The molecule has 1 saturated heterocycles. The highest BCUT2D eigenvalue weighted by Crippen LogP contribution is 2.61. The number of carbonyl (C=O) groups is 1. The lowest BCUT2D eigenvalue weighted by Crippen LogP contribution is -2.46. The Morgan fingerprint density at radius 3 is 2.33 bits per heavy atom. The first-order valence-corrected chi connectivity index (χ1v) is 6.22. The molecule has 18 heavy (non-hydrogen) atoms. The van der Waals surface area contributed by atoms with E-state index in [1.807, 2.05) is 0 Å². The van der Waals surface area contributed by atoms with Crippen molar-refractivity contribution in [3.05, 3.63) is 0 Å². The Morgan fingerprint density at radius 2 is 1.89 bits per heavy atom. The highest BCUT2D eigenvalue weighted by molar-refractivity contribution is 5.79. The lowest BCUT2D eigenvalue weighted by molar-refractivity contribution is -0.153. The minimum atomic E-state index is -4.30. The van der Waals surface area contributed by atoms with E-state index in [9.17, 15) is 18.0 Å². The fourth-order valence-corrected chi connectivity index (χ4v) is 2.80. The van der Waals surface area contributed by atoms with Crippen LogP contribution in [0.15, 0.2) is 0 Å². The minimum Gasteiger partial charge on any atom is -0.341 e. The summed E-state index contributed by atoms with van der Waals surface area (Å²) in [4.78, 5) is 13.4. The standard InChI is InChI=1S/C12H19F3N2O/c1-7(12(13,14)15)16-4-10(18)17-5-8-9(6-17)11(8,2)3/h7-9,16H,4-6H2,1-3H3. The maximum atomic E-state index is 12.3. The molecule has 2 fully saturated rings. The Labute approximate surface area is 105 Å². The lowest BCUT2D eigenvalue weighted by atomic mass is 10.1. The zero-order valence-electron chi connectivity index (χ0n) is 10.8. The summed E-state index contributed by atoms with van der Waals surface area (Å²) in [5.41, 5.74) is 0.309. The zero-order valence-corrected chi connectivity index (χ0v) is 10.8. The van der Waals surface area contributed by atoms with Gasteiger partial charge in [-0.15, -0.1) is 0 Å². The molecule has 2 rings (SSSR count). The van der Waals surface area contributed by atoms with Gasteiger partial charge in [0.25, 0.3) is 0 Å². The van der Waals surface area contributed by atoms with Crippen molar-refractivity contribution >= 4 is 5.91 Å². The summed E-state index contributed by atoms with van der Waals surface area (Å²) in [6.07, 6.45) is -4.30. The summed E-state index contributed by atoms with van der Waals surface area (Å²) in [5, 5.41) is 2.23. The summed E-state index contributed by atoms with van der Waals surface area (Å²) >= 11 is 0. The number of halogens is 3. The molecule has 3 atom stereocenters. The van der Waals surface area contributed by atoms with Crippen LogP contribution in [0.25, 0.3) is 0 Å². The fraction of sp³-hybridized carbons (Fsp3) is 0.917. The monoisotopic (exact) mass is 264 g/mol. The van der Waals surface area contributed by atoms with Crippen LogP contribution >= 0.6 is 0 Å². The van der Waals surface area contributed by atoms with Gasteiger partial charge in [0.15, 0.2) is 0 Å². The maximum absolute atomic E-state index is 12.3. The third-order valence-corrected chi connectivity index (χ3v) is 4.53. The summed E-state index contributed by atoms with van der Waals surface area (Å²) in [6, 6.07) is -1.64. The molecule has 1 amide bonds. The van der Waals surface area contributed by atoms with Gasteiger partial charge in [0, 0.05) is 13.1 Å². The Balaban J connectivity index is 1.75. The largest absolute Gasteiger partial charge is 0.403 e. The van der Waals surface area contributed by atoms with Gasteiger partial charge in [-0.1, -0.05) is 13.8 Å². The van der Waals surface area contributed by atoms with Gasteiger partial charge in [-0.05, 0) is 24.2 Å². The number of alkyl halides is 3. The van der Waals surface area contributed by atoms with Crippen LogP contribution in [0.2, 0.25) is 0 Å². The first kappa shape index (κ1) is 13.6. The van der Waals surface area contributed by atoms with Gasteiger partial charge in [0.05, 0.1) is 6.54 Å². The van der Waals surface area contributed by atoms with E-state index in [4.69, 9.17) is 0 Å². The van der Waals surface area contributed by atoms with Crippen molar-refractivity contribution in [2.45, 2.75) is 33.0 Å². The van der Waals surface area contributed by atoms with E-state index < -0.39 is 12.2 Å². The predicted octanol–water partition coefficient (Wildman–Crippen LogP) is 1.64. The number of fused-ring (bicyclic) bond motifs is 1. The molecular formula is C12H19F3N2O. The van der Waals surface area contributed by atoms with E-state index >= 15 is 0 Å². The van der Waals surface area contributed by atoms with Crippen LogP contribution in [0.3, 0.4) is 0 Å². The van der Waals surface area contributed by atoms with Gasteiger partial charge in [-0.3, -0.25) is 10.1 Å². The highest BCUT2D eigenvalue weighted by Gasteiger charge is 2.62. The van der Waals surface area contributed by atoms with Crippen LogP contribution < -0.4 is 5.32 Å². The summed E-state index contributed by atoms with van der Waals surface area (Å²) in [7, 11) is 0. The molecule has 1 N–H and O–H groups in total. The molecule has 104 valence electrons. The van der Waals surface area contributed by atoms with Gasteiger partial charge in [-0.25, -0.2) is 0 Å². The second-order valence-corrected chi connectivity index (χ2v) is 5.98. The minimum absolute atomic E-state index is 0.228. The number of carbonyl (C=O) groups excluding carboxylic acids is 1. The third-order valence-electron chi connectivity index (χ3n) is 4.53. The van der Waals surface area contributed by atoms with Crippen molar-refractivity contribution in [2.24, 2.45) is 17.3 Å². The number of hydrogen-bond donors (Lipinski definition) is 1. The van der Waals surface area contributed by atoms with E-state index in [0.29, 0.717) is 30.3 Å². The van der Waals surface area contributed by atoms with Crippen molar-refractivity contribution in [1.29, 1.82) is 0 Å². The smallest absolute Gasteiger partial charge is 0.341 e. The van der Waals surface area contributed by atoms with E-state index in [0.717, 1.165) is 6.92 Å². The van der Waals surface area contributed by atoms with Crippen LogP contribution in [-0.2, 0) is 4.79 Å². The van der Waals surface area contributed by atoms with Crippen molar-refractivity contribution in [1.82, 2.24) is 10.2 Å². The quantitative estimate of drug-likeness (QED) is 0.840. The average molecular weight is 264 g/mol. The molecule has 6 heteroatoms. The molecule has 0 bridgehead atoms. The molecular weight excluding hydrogens is 245 g/mol. The number of piperidine rings is 1. The van der Waals surface area contributed by atoms with Gasteiger partial charge < -0.3 is 4.90 Å². The summed E-state index contributed by atoms with van der Waals surface area (Å²) in [6.45, 7) is 6.53. The second-order valence-electron chi connectivity index (χ2n) is 5.98. The SMILES string of the molecule is CC(NCC(=O)N1CC2C(C1)C2(C)C)C(F)(F)F. The molecule has 0 aromatic heterocycles. The predicted molar refractivity (Wildman–Crippen MR) is 60.9 cm³/mol. The summed E-state index contributed by atoms with van der Waals surface area (Å²) in [5.74, 6) is 0.831. The molecule has 1 heterocycles. The summed E-state index contributed by atoms with van der Waals surface area (Å²) < 4.78 is 36.8. The van der Waals surface area contributed by atoms with Crippen LogP contribution in [0.5, 0.6) is 0 Å². The average Bonchev–Trinajstić information content (AvgIpc) is 2.68. The number of nitrogens with zero attached hydrogens (tertiary/aromatic N) is 1. The second kappa shape index (κ2) is 4.11. The Hall–Kier alpha value is -0.780. The van der Waals surface area contributed by atoms with Crippen molar-refractivity contribution in [3.63, 3.8) is 0 Å². The zero-order chi connectivity index (χ0) is 13.7. The first-order chi connectivity index (χ1) is 8.14. The molecule has 1 aliphatic heterocycles. The van der Waals surface area contributed by atoms with Gasteiger partial charge >= 0.3 is 6.18 Å². The van der Waals surface area contributed by atoms with Crippen molar-refractivity contribution in [2.75, 3.05) is 19.6 Å². The molecule has 3 unspecified atom stereocenters.